The van der Waals surface area contributed by atoms with Crippen molar-refractivity contribution < 1.29 is 9.59 Å². The number of ketones is 2. The lowest BCUT2D eigenvalue weighted by molar-refractivity contribution is -0.127. The molecular formula is C16H21NO2. The molecule has 1 atom stereocenters. The highest BCUT2D eigenvalue weighted by atomic mass is 16.1. The van der Waals surface area contributed by atoms with E-state index in [4.69, 9.17) is 0 Å². The highest BCUT2D eigenvalue weighted by Gasteiger charge is 2.35. The summed E-state index contributed by atoms with van der Waals surface area (Å²) in [6.45, 7) is 6.06. The van der Waals surface area contributed by atoms with Gasteiger partial charge in [0.15, 0.2) is 11.6 Å². The molecule has 1 saturated carbocycles. The van der Waals surface area contributed by atoms with Crippen LogP contribution in [0, 0.1) is 11.3 Å². The largest absolute Gasteiger partial charge is 0.361 e. The molecule has 2 aliphatic rings. The van der Waals surface area contributed by atoms with Gasteiger partial charge in [0, 0.05) is 24.7 Å². The van der Waals surface area contributed by atoms with Gasteiger partial charge in [0.05, 0.1) is 5.57 Å². The van der Waals surface area contributed by atoms with Crippen molar-refractivity contribution in [3.8, 4) is 0 Å². The van der Waals surface area contributed by atoms with E-state index in [-0.39, 0.29) is 17.0 Å². The fourth-order valence-corrected chi connectivity index (χ4v) is 2.53. The molecule has 0 heterocycles. The van der Waals surface area contributed by atoms with E-state index in [0.717, 1.165) is 12.1 Å². The highest BCUT2D eigenvalue weighted by Crippen LogP contribution is 2.33. The number of nitrogens with one attached hydrogen (secondary N) is 1. The van der Waals surface area contributed by atoms with Gasteiger partial charge in [-0.3, -0.25) is 9.59 Å². The van der Waals surface area contributed by atoms with E-state index in [0.29, 0.717) is 24.3 Å². The third-order valence-corrected chi connectivity index (χ3v) is 3.53. The molecule has 3 nitrogen and oxygen atoms in total. The summed E-state index contributed by atoms with van der Waals surface area (Å²) in [5, 5.41) is 3.08. The molecule has 0 aliphatic heterocycles. The Kier molecular flexibility index (Phi) is 3.74. The van der Waals surface area contributed by atoms with Gasteiger partial charge in [0.2, 0.25) is 0 Å². The van der Waals surface area contributed by atoms with Crippen molar-refractivity contribution in [2.75, 3.05) is 0 Å². The average Bonchev–Trinajstić information content (AvgIpc) is 2.26. The summed E-state index contributed by atoms with van der Waals surface area (Å²) >= 11 is 0. The van der Waals surface area contributed by atoms with Gasteiger partial charge in [0.1, 0.15) is 0 Å². The van der Waals surface area contributed by atoms with Gasteiger partial charge in [0.25, 0.3) is 0 Å². The van der Waals surface area contributed by atoms with Crippen molar-refractivity contribution in [3.05, 3.63) is 35.7 Å². The standard InChI is InChI=1S/C16H21NO2/c1-11-5-4-6-12(7-11)17-10-13-14(18)8-16(2,3)9-15(13)19/h4,6-7,10-11,17H,5,8-9H2,1-3H3. The first-order valence-corrected chi connectivity index (χ1v) is 6.79. The molecule has 0 radical (unpaired) electrons. The van der Waals surface area contributed by atoms with Crippen molar-refractivity contribution in [2.24, 2.45) is 11.3 Å². The Morgan fingerprint density at radius 1 is 1.26 bits per heavy atom. The molecule has 19 heavy (non-hydrogen) atoms. The number of rotatable bonds is 2. The van der Waals surface area contributed by atoms with Crippen LogP contribution in [0.4, 0.5) is 0 Å². The van der Waals surface area contributed by atoms with E-state index in [1.54, 1.807) is 6.20 Å². The first-order chi connectivity index (χ1) is 8.87. The smallest absolute Gasteiger partial charge is 0.168 e. The van der Waals surface area contributed by atoms with Crippen LogP contribution in [0.25, 0.3) is 0 Å². The summed E-state index contributed by atoms with van der Waals surface area (Å²) in [6, 6.07) is 0. The van der Waals surface area contributed by atoms with Crippen LogP contribution >= 0.6 is 0 Å². The first kappa shape index (κ1) is 13.8. The van der Waals surface area contributed by atoms with Crippen LogP contribution in [0.2, 0.25) is 0 Å². The fraction of sp³-hybridized carbons (Fsp3) is 0.500. The van der Waals surface area contributed by atoms with Gasteiger partial charge < -0.3 is 5.32 Å². The number of Topliss-reactive ketones (excluding diaryl/α,β-unsaturated/α-hetero) is 2. The van der Waals surface area contributed by atoms with Gasteiger partial charge >= 0.3 is 0 Å². The number of carbonyl (C=O) groups is 2. The van der Waals surface area contributed by atoms with Gasteiger partial charge in [-0.25, -0.2) is 0 Å². The zero-order valence-electron chi connectivity index (χ0n) is 11.8. The average molecular weight is 259 g/mol. The molecule has 1 N–H and O–H groups in total. The molecule has 1 fully saturated rings. The van der Waals surface area contributed by atoms with Crippen molar-refractivity contribution >= 4 is 11.6 Å². The maximum absolute atomic E-state index is 12.0. The van der Waals surface area contributed by atoms with E-state index < -0.39 is 0 Å². The van der Waals surface area contributed by atoms with Gasteiger partial charge in [-0.2, -0.15) is 0 Å². The molecule has 0 bridgehead atoms. The Balaban J connectivity index is 2.09. The lowest BCUT2D eigenvalue weighted by Crippen LogP contribution is -2.32. The molecule has 0 aromatic carbocycles. The van der Waals surface area contributed by atoms with Gasteiger partial charge in [-0.15, -0.1) is 0 Å². The second-order valence-corrected chi connectivity index (χ2v) is 6.30. The summed E-state index contributed by atoms with van der Waals surface area (Å²) in [4.78, 5) is 24.0. The molecule has 1 unspecified atom stereocenters. The Hall–Kier alpha value is -1.64. The maximum atomic E-state index is 12.0. The SMILES string of the molecule is CC1C=C(NC=C2C(=O)CC(C)(C)CC2=O)C=CC1. The number of hydrogen-bond acceptors (Lipinski definition) is 3. The minimum absolute atomic E-state index is 0.0535. The molecule has 3 heteroatoms. The summed E-state index contributed by atoms with van der Waals surface area (Å²) in [5.74, 6) is 0.381. The number of allylic oxidation sites excluding steroid dienone is 4. The lowest BCUT2D eigenvalue weighted by atomic mass is 9.74. The normalized spacial score (nSPS) is 26.2. The molecule has 0 aromatic heterocycles. The van der Waals surface area contributed by atoms with E-state index in [9.17, 15) is 9.59 Å². The Morgan fingerprint density at radius 2 is 1.89 bits per heavy atom. The highest BCUT2D eigenvalue weighted by molar-refractivity contribution is 6.22. The summed E-state index contributed by atoms with van der Waals surface area (Å²) in [5.41, 5.74) is 1.06. The quantitative estimate of drug-likeness (QED) is 0.612. The van der Waals surface area contributed by atoms with E-state index >= 15 is 0 Å². The van der Waals surface area contributed by atoms with Gasteiger partial charge in [-0.05, 0) is 23.8 Å². The fourth-order valence-electron chi connectivity index (χ4n) is 2.53. The molecule has 2 rings (SSSR count). The topological polar surface area (TPSA) is 46.2 Å². The Morgan fingerprint density at radius 3 is 2.47 bits per heavy atom. The lowest BCUT2D eigenvalue weighted by Gasteiger charge is -2.28. The van der Waals surface area contributed by atoms with Crippen LogP contribution in [-0.2, 0) is 9.59 Å². The second kappa shape index (κ2) is 5.16. The predicted molar refractivity (Wildman–Crippen MR) is 75.3 cm³/mol. The van der Waals surface area contributed by atoms with Crippen LogP contribution in [0.3, 0.4) is 0 Å². The maximum Gasteiger partial charge on any atom is 0.168 e. The van der Waals surface area contributed by atoms with Crippen molar-refractivity contribution in [3.63, 3.8) is 0 Å². The van der Waals surface area contributed by atoms with Crippen LogP contribution in [0.1, 0.15) is 40.0 Å². The van der Waals surface area contributed by atoms with Crippen molar-refractivity contribution in [1.82, 2.24) is 5.32 Å². The third kappa shape index (κ3) is 3.43. The van der Waals surface area contributed by atoms with Crippen LogP contribution < -0.4 is 5.32 Å². The number of hydrogen-bond donors (Lipinski definition) is 1. The minimum Gasteiger partial charge on any atom is -0.361 e. The van der Waals surface area contributed by atoms with Crippen LogP contribution in [0.5, 0.6) is 0 Å². The van der Waals surface area contributed by atoms with Gasteiger partial charge in [-0.1, -0.05) is 32.9 Å². The molecular weight excluding hydrogens is 238 g/mol. The molecule has 0 aromatic rings. The van der Waals surface area contributed by atoms with Crippen molar-refractivity contribution in [1.29, 1.82) is 0 Å². The zero-order chi connectivity index (χ0) is 14.0. The first-order valence-electron chi connectivity index (χ1n) is 6.79. The number of carbonyl (C=O) groups excluding carboxylic acids is 2. The molecule has 2 aliphatic carbocycles. The van der Waals surface area contributed by atoms with Crippen LogP contribution in [-0.4, -0.2) is 11.6 Å². The minimum atomic E-state index is -0.204. The van der Waals surface area contributed by atoms with E-state index in [1.807, 2.05) is 19.9 Å². The predicted octanol–water partition coefficient (Wildman–Crippen LogP) is 2.90. The van der Waals surface area contributed by atoms with Crippen molar-refractivity contribution in [2.45, 2.75) is 40.0 Å². The summed E-state index contributed by atoms with van der Waals surface area (Å²) in [6.07, 6.45) is 9.69. The molecule has 0 saturated heterocycles. The Bertz CT molecular complexity index is 473. The molecule has 0 amide bonds. The zero-order valence-corrected chi connectivity index (χ0v) is 11.8. The summed E-state index contributed by atoms with van der Waals surface area (Å²) in [7, 11) is 0. The van der Waals surface area contributed by atoms with E-state index in [1.165, 1.54) is 0 Å². The van der Waals surface area contributed by atoms with Crippen LogP contribution in [0.15, 0.2) is 35.7 Å². The monoisotopic (exact) mass is 259 g/mol. The third-order valence-electron chi connectivity index (χ3n) is 3.53. The summed E-state index contributed by atoms with van der Waals surface area (Å²) < 4.78 is 0. The second-order valence-electron chi connectivity index (χ2n) is 6.30. The molecule has 0 spiro atoms. The Labute approximate surface area is 114 Å². The molecule has 102 valence electrons. The van der Waals surface area contributed by atoms with E-state index in [2.05, 4.69) is 24.4 Å².